The van der Waals surface area contributed by atoms with E-state index in [-0.39, 0.29) is 48.0 Å². The summed E-state index contributed by atoms with van der Waals surface area (Å²) in [6, 6.07) is 6.52. The van der Waals surface area contributed by atoms with Gasteiger partial charge in [-0.3, -0.25) is 19.3 Å². The Morgan fingerprint density at radius 2 is 1.69 bits per heavy atom. The maximum Gasteiger partial charge on any atom is 0.341 e. The van der Waals surface area contributed by atoms with Gasteiger partial charge in [-0.05, 0) is 80.7 Å². The summed E-state index contributed by atoms with van der Waals surface area (Å²) in [5.74, 6) is -1.24. The molecule has 1 aromatic heterocycles. The highest BCUT2D eigenvalue weighted by Crippen LogP contribution is 2.53. The summed E-state index contributed by atoms with van der Waals surface area (Å²) in [5, 5.41) is 3.42. The zero-order valence-corrected chi connectivity index (χ0v) is 20.2. The third-order valence-electron chi connectivity index (χ3n) is 7.74. The number of imide groups is 1. The van der Waals surface area contributed by atoms with E-state index in [9.17, 15) is 19.2 Å². The molecule has 35 heavy (non-hydrogen) atoms. The molecule has 1 aliphatic heterocycles. The Balaban J connectivity index is 1.22. The van der Waals surface area contributed by atoms with Crippen molar-refractivity contribution in [3.05, 3.63) is 58.0 Å². The number of carbonyl (C=O) groups excluding carboxylic acids is 4. The number of anilines is 2. The van der Waals surface area contributed by atoms with Crippen molar-refractivity contribution in [3.8, 4) is 0 Å². The molecule has 1 saturated carbocycles. The highest BCUT2D eigenvalue weighted by molar-refractivity contribution is 7.17. The summed E-state index contributed by atoms with van der Waals surface area (Å²) in [6.07, 6.45) is 8.81. The van der Waals surface area contributed by atoms with Crippen molar-refractivity contribution in [2.24, 2.45) is 23.7 Å². The SMILES string of the molecule is CCOC(=O)c1c(NC(=O)c2ccc(N3C(=O)[C@@H]4[C@@H](C3=O)[C@H]3C=C[C@@H]4C3)cc2)sc2c1CCCC2. The van der Waals surface area contributed by atoms with Gasteiger partial charge in [-0.2, -0.15) is 0 Å². The maximum absolute atomic E-state index is 13.1. The largest absolute Gasteiger partial charge is 0.462 e. The van der Waals surface area contributed by atoms with E-state index in [1.165, 1.54) is 16.2 Å². The van der Waals surface area contributed by atoms with Crippen LogP contribution >= 0.6 is 11.3 Å². The molecule has 0 unspecified atom stereocenters. The molecule has 2 bridgehead atoms. The summed E-state index contributed by atoms with van der Waals surface area (Å²) >= 11 is 1.44. The highest BCUT2D eigenvalue weighted by Gasteiger charge is 2.59. The molecule has 3 amide bonds. The molecule has 4 aliphatic rings. The van der Waals surface area contributed by atoms with E-state index >= 15 is 0 Å². The summed E-state index contributed by atoms with van der Waals surface area (Å²) in [7, 11) is 0. The van der Waals surface area contributed by atoms with Crippen LogP contribution in [-0.4, -0.2) is 30.3 Å². The van der Waals surface area contributed by atoms with Crippen molar-refractivity contribution < 1.29 is 23.9 Å². The van der Waals surface area contributed by atoms with Crippen molar-refractivity contribution >= 4 is 45.7 Å². The molecule has 0 radical (unpaired) electrons. The Bertz CT molecular complexity index is 1250. The van der Waals surface area contributed by atoms with E-state index in [0.29, 0.717) is 21.8 Å². The number of allylic oxidation sites excluding steroid dienone is 2. The number of benzene rings is 1. The molecular formula is C27H26N2O5S. The lowest BCUT2D eigenvalue weighted by atomic mass is 9.85. The van der Waals surface area contributed by atoms with E-state index in [1.54, 1.807) is 31.2 Å². The van der Waals surface area contributed by atoms with Crippen molar-refractivity contribution in [1.82, 2.24) is 0 Å². The standard InChI is InChI=1S/C27H26N2O5S/c1-2-34-27(33)22-18-5-3-4-6-19(18)35-24(22)28-23(30)14-9-11-17(12-10-14)29-25(31)20-15-7-8-16(13-15)21(20)26(29)32/h7-12,15-16,20-21H,2-6,13H2,1H3,(H,28,30)/t15-,16+,20-,21-/m0/s1. The van der Waals surface area contributed by atoms with Crippen molar-refractivity contribution in [1.29, 1.82) is 0 Å². The van der Waals surface area contributed by atoms with Crippen LogP contribution in [0.1, 0.15) is 57.3 Å². The van der Waals surface area contributed by atoms with Gasteiger partial charge >= 0.3 is 5.97 Å². The fourth-order valence-electron chi connectivity index (χ4n) is 6.17. The van der Waals surface area contributed by atoms with Crippen LogP contribution in [0.5, 0.6) is 0 Å². The highest BCUT2D eigenvalue weighted by atomic mass is 32.1. The number of esters is 1. The zero-order chi connectivity index (χ0) is 24.3. The van der Waals surface area contributed by atoms with E-state index in [2.05, 4.69) is 17.5 Å². The van der Waals surface area contributed by atoms with Crippen LogP contribution in [0.2, 0.25) is 0 Å². The van der Waals surface area contributed by atoms with Crippen LogP contribution in [-0.2, 0) is 27.2 Å². The van der Waals surface area contributed by atoms with Gasteiger partial charge in [-0.25, -0.2) is 4.79 Å². The first kappa shape index (κ1) is 22.2. The van der Waals surface area contributed by atoms with Crippen LogP contribution < -0.4 is 10.2 Å². The number of carbonyl (C=O) groups is 4. The van der Waals surface area contributed by atoms with Gasteiger partial charge < -0.3 is 10.1 Å². The van der Waals surface area contributed by atoms with Crippen molar-refractivity contribution in [2.45, 2.75) is 39.0 Å². The molecule has 0 spiro atoms. The van der Waals surface area contributed by atoms with Gasteiger partial charge in [-0.1, -0.05) is 12.2 Å². The topological polar surface area (TPSA) is 92.8 Å². The molecule has 1 N–H and O–H groups in total. The summed E-state index contributed by atoms with van der Waals surface area (Å²) in [5.41, 5.74) is 2.34. The Morgan fingerprint density at radius 1 is 1.03 bits per heavy atom. The second-order valence-corrected chi connectivity index (χ2v) is 10.8. The second kappa shape index (κ2) is 8.45. The van der Waals surface area contributed by atoms with Gasteiger partial charge in [0.05, 0.1) is 29.7 Å². The first-order valence-electron chi connectivity index (χ1n) is 12.3. The molecular weight excluding hydrogens is 464 g/mol. The van der Waals surface area contributed by atoms with Crippen LogP contribution in [0.25, 0.3) is 0 Å². The fourth-order valence-corrected chi connectivity index (χ4v) is 7.44. The normalized spacial score (nSPS) is 26.1. The van der Waals surface area contributed by atoms with Gasteiger partial charge in [0.15, 0.2) is 0 Å². The summed E-state index contributed by atoms with van der Waals surface area (Å²) in [4.78, 5) is 54.2. The first-order chi connectivity index (χ1) is 17.0. The number of aryl methyl sites for hydroxylation is 1. The first-order valence-corrected chi connectivity index (χ1v) is 13.1. The monoisotopic (exact) mass is 490 g/mol. The van der Waals surface area contributed by atoms with Crippen molar-refractivity contribution in [2.75, 3.05) is 16.8 Å². The number of fused-ring (bicyclic) bond motifs is 6. The number of nitrogens with one attached hydrogen (secondary N) is 1. The molecule has 3 aliphatic carbocycles. The minimum atomic E-state index is -0.405. The Kier molecular flexibility index (Phi) is 5.36. The van der Waals surface area contributed by atoms with E-state index in [4.69, 9.17) is 4.74 Å². The molecule has 2 heterocycles. The average Bonchev–Trinajstić information content (AvgIpc) is 3.61. The molecule has 1 aromatic carbocycles. The fraction of sp³-hybridized carbons (Fsp3) is 0.407. The summed E-state index contributed by atoms with van der Waals surface area (Å²) in [6.45, 7) is 2.03. The lowest BCUT2D eigenvalue weighted by Gasteiger charge is -2.17. The smallest absolute Gasteiger partial charge is 0.341 e. The molecule has 1 saturated heterocycles. The van der Waals surface area contributed by atoms with Gasteiger partial charge in [0.2, 0.25) is 11.8 Å². The molecule has 180 valence electrons. The van der Waals surface area contributed by atoms with Gasteiger partial charge in [-0.15, -0.1) is 11.3 Å². The van der Waals surface area contributed by atoms with Crippen LogP contribution in [0.3, 0.4) is 0 Å². The minimum Gasteiger partial charge on any atom is -0.462 e. The quantitative estimate of drug-likeness (QED) is 0.382. The molecule has 7 nitrogen and oxygen atoms in total. The van der Waals surface area contributed by atoms with Gasteiger partial charge in [0.25, 0.3) is 5.91 Å². The molecule has 4 atom stereocenters. The van der Waals surface area contributed by atoms with Crippen LogP contribution in [0.15, 0.2) is 36.4 Å². The maximum atomic E-state index is 13.1. The lowest BCUT2D eigenvalue weighted by Crippen LogP contribution is -2.32. The number of nitrogens with zero attached hydrogens (tertiary/aromatic N) is 1. The Labute approximate surface area is 207 Å². The predicted octanol–water partition coefficient (Wildman–Crippen LogP) is 4.37. The average molecular weight is 491 g/mol. The van der Waals surface area contributed by atoms with Crippen LogP contribution in [0, 0.1) is 23.7 Å². The molecule has 8 heteroatoms. The second-order valence-electron chi connectivity index (χ2n) is 9.65. The Morgan fingerprint density at radius 3 is 2.34 bits per heavy atom. The number of hydrogen-bond donors (Lipinski definition) is 1. The van der Waals surface area contributed by atoms with Gasteiger partial charge in [0.1, 0.15) is 5.00 Å². The third-order valence-corrected chi connectivity index (χ3v) is 8.94. The molecule has 2 aromatic rings. The number of rotatable bonds is 5. The molecule has 6 rings (SSSR count). The minimum absolute atomic E-state index is 0.141. The number of ether oxygens (including phenoxy) is 1. The molecule has 2 fully saturated rings. The van der Waals surface area contributed by atoms with Gasteiger partial charge in [0, 0.05) is 10.4 Å². The Hall–Kier alpha value is -3.26. The number of hydrogen-bond acceptors (Lipinski definition) is 6. The number of thiophene rings is 1. The number of amides is 3. The van der Waals surface area contributed by atoms with Crippen molar-refractivity contribution in [3.63, 3.8) is 0 Å². The zero-order valence-electron chi connectivity index (χ0n) is 19.4. The lowest BCUT2D eigenvalue weighted by molar-refractivity contribution is -0.123. The third kappa shape index (κ3) is 3.45. The van der Waals surface area contributed by atoms with E-state index in [0.717, 1.165) is 42.5 Å². The predicted molar refractivity (Wildman–Crippen MR) is 132 cm³/mol. The van der Waals surface area contributed by atoms with E-state index in [1.807, 2.05) is 0 Å². The summed E-state index contributed by atoms with van der Waals surface area (Å²) < 4.78 is 5.27. The van der Waals surface area contributed by atoms with E-state index < -0.39 is 5.97 Å². The van der Waals surface area contributed by atoms with Crippen LogP contribution in [0.4, 0.5) is 10.7 Å².